The van der Waals surface area contributed by atoms with Crippen LogP contribution in [0.4, 0.5) is 0 Å². The highest BCUT2D eigenvalue weighted by Gasteiger charge is 2.14. The Kier molecular flexibility index (Phi) is 4.20. The molecular weight excluding hydrogens is 284 g/mol. The Morgan fingerprint density at radius 2 is 1.78 bits per heavy atom. The molecule has 0 spiro atoms. The van der Waals surface area contributed by atoms with Gasteiger partial charge in [-0.1, -0.05) is 48.0 Å². The van der Waals surface area contributed by atoms with Crippen LogP contribution in [-0.2, 0) is 11.2 Å². The molecule has 1 atom stereocenters. The molecule has 0 aliphatic rings. The van der Waals surface area contributed by atoms with E-state index in [0.29, 0.717) is 6.42 Å². The quantitative estimate of drug-likeness (QED) is 0.745. The van der Waals surface area contributed by atoms with Crippen LogP contribution in [0.5, 0.6) is 0 Å². The van der Waals surface area contributed by atoms with E-state index in [0.717, 1.165) is 27.7 Å². The summed E-state index contributed by atoms with van der Waals surface area (Å²) in [5.41, 5.74) is 5.57. The summed E-state index contributed by atoms with van der Waals surface area (Å²) in [6, 6.07) is 16.4. The highest BCUT2D eigenvalue weighted by molar-refractivity contribution is 5.90. The number of amides is 1. The van der Waals surface area contributed by atoms with Crippen LogP contribution in [0.25, 0.3) is 10.9 Å². The first-order valence-corrected chi connectivity index (χ1v) is 7.96. The lowest BCUT2D eigenvalue weighted by atomic mass is 10.0. The number of fused-ring (bicyclic) bond motifs is 1. The third-order valence-electron chi connectivity index (χ3n) is 4.32. The summed E-state index contributed by atoms with van der Waals surface area (Å²) in [5.74, 6) is 0.0472. The minimum Gasteiger partial charge on any atom is -0.358 e. The first-order chi connectivity index (χ1) is 11.0. The van der Waals surface area contributed by atoms with E-state index in [4.69, 9.17) is 0 Å². The predicted molar refractivity (Wildman–Crippen MR) is 94.5 cm³/mol. The van der Waals surface area contributed by atoms with Gasteiger partial charge in [0.05, 0.1) is 12.5 Å². The molecule has 0 bridgehead atoms. The van der Waals surface area contributed by atoms with Crippen molar-refractivity contribution in [2.24, 2.45) is 0 Å². The maximum atomic E-state index is 12.4. The van der Waals surface area contributed by atoms with Crippen LogP contribution in [0, 0.1) is 13.8 Å². The normalized spacial score (nSPS) is 12.3. The number of aromatic nitrogens is 1. The zero-order chi connectivity index (χ0) is 16.4. The molecule has 0 saturated heterocycles. The molecule has 3 nitrogen and oxygen atoms in total. The smallest absolute Gasteiger partial charge is 0.224 e. The van der Waals surface area contributed by atoms with Crippen molar-refractivity contribution in [2.75, 3.05) is 0 Å². The fourth-order valence-corrected chi connectivity index (χ4v) is 2.95. The Morgan fingerprint density at radius 1 is 1.09 bits per heavy atom. The number of para-hydroxylation sites is 1. The molecule has 1 heterocycles. The number of carbonyl (C=O) groups excluding carboxylic acids is 1. The summed E-state index contributed by atoms with van der Waals surface area (Å²) < 4.78 is 0. The molecule has 2 aromatic carbocycles. The van der Waals surface area contributed by atoms with Gasteiger partial charge >= 0.3 is 0 Å². The van der Waals surface area contributed by atoms with Crippen LogP contribution in [0.2, 0.25) is 0 Å². The lowest BCUT2D eigenvalue weighted by Crippen LogP contribution is -2.28. The Balaban J connectivity index is 1.73. The first kappa shape index (κ1) is 15.3. The molecule has 0 aliphatic carbocycles. The second-order valence-electron chi connectivity index (χ2n) is 6.15. The molecule has 3 rings (SSSR count). The molecular formula is C20H22N2O. The highest BCUT2D eigenvalue weighted by Crippen LogP contribution is 2.22. The van der Waals surface area contributed by atoms with Crippen molar-refractivity contribution in [1.82, 2.24) is 10.3 Å². The molecule has 23 heavy (non-hydrogen) atoms. The van der Waals surface area contributed by atoms with Crippen LogP contribution in [-0.4, -0.2) is 10.9 Å². The number of hydrogen-bond acceptors (Lipinski definition) is 1. The van der Waals surface area contributed by atoms with Crippen molar-refractivity contribution < 1.29 is 4.79 Å². The van der Waals surface area contributed by atoms with E-state index in [1.807, 2.05) is 32.0 Å². The van der Waals surface area contributed by atoms with Gasteiger partial charge in [-0.15, -0.1) is 0 Å². The van der Waals surface area contributed by atoms with Gasteiger partial charge in [0.2, 0.25) is 5.91 Å². The zero-order valence-electron chi connectivity index (χ0n) is 13.8. The van der Waals surface area contributed by atoms with Gasteiger partial charge < -0.3 is 10.3 Å². The van der Waals surface area contributed by atoms with Crippen molar-refractivity contribution in [3.63, 3.8) is 0 Å². The standard InChI is InChI=1S/C20H22N2O/c1-13-8-10-16(11-9-13)14(2)22-20(23)12-18-15(3)21-19-7-5-4-6-17(18)19/h4-11,14,21H,12H2,1-3H3,(H,22,23). The average Bonchev–Trinajstić information content (AvgIpc) is 2.84. The maximum absolute atomic E-state index is 12.4. The van der Waals surface area contributed by atoms with Crippen LogP contribution < -0.4 is 5.32 Å². The number of H-pyrrole nitrogens is 1. The van der Waals surface area contributed by atoms with E-state index in [1.165, 1.54) is 5.56 Å². The third kappa shape index (κ3) is 3.29. The van der Waals surface area contributed by atoms with Gasteiger partial charge in [-0.05, 0) is 38.0 Å². The topological polar surface area (TPSA) is 44.9 Å². The number of aryl methyl sites for hydroxylation is 2. The Labute approximate surface area is 136 Å². The van der Waals surface area contributed by atoms with Crippen molar-refractivity contribution in [1.29, 1.82) is 0 Å². The van der Waals surface area contributed by atoms with Crippen LogP contribution in [0.15, 0.2) is 48.5 Å². The fraction of sp³-hybridized carbons (Fsp3) is 0.250. The van der Waals surface area contributed by atoms with E-state index in [1.54, 1.807) is 0 Å². The van der Waals surface area contributed by atoms with Gasteiger partial charge in [0.25, 0.3) is 0 Å². The van der Waals surface area contributed by atoms with Crippen molar-refractivity contribution in [3.05, 3.63) is 70.9 Å². The van der Waals surface area contributed by atoms with Crippen molar-refractivity contribution in [2.45, 2.75) is 33.2 Å². The van der Waals surface area contributed by atoms with Crippen LogP contribution in [0.3, 0.4) is 0 Å². The lowest BCUT2D eigenvalue weighted by molar-refractivity contribution is -0.121. The summed E-state index contributed by atoms with van der Waals surface area (Å²) in [4.78, 5) is 15.8. The third-order valence-corrected chi connectivity index (χ3v) is 4.32. The summed E-state index contributed by atoms with van der Waals surface area (Å²) in [5, 5.41) is 4.22. The Morgan fingerprint density at radius 3 is 2.52 bits per heavy atom. The number of benzene rings is 2. The average molecular weight is 306 g/mol. The van der Waals surface area contributed by atoms with E-state index in [-0.39, 0.29) is 11.9 Å². The Hall–Kier alpha value is -2.55. The van der Waals surface area contributed by atoms with Gasteiger partial charge in [0.1, 0.15) is 0 Å². The van der Waals surface area contributed by atoms with Crippen molar-refractivity contribution >= 4 is 16.8 Å². The van der Waals surface area contributed by atoms with E-state index in [9.17, 15) is 4.79 Å². The fourth-order valence-electron chi connectivity index (χ4n) is 2.95. The van der Waals surface area contributed by atoms with E-state index >= 15 is 0 Å². The van der Waals surface area contributed by atoms with Gasteiger partial charge in [-0.2, -0.15) is 0 Å². The second-order valence-corrected chi connectivity index (χ2v) is 6.15. The number of aromatic amines is 1. The summed E-state index contributed by atoms with van der Waals surface area (Å²) >= 11 is 0. The number of hydrogen-bond donors (Lipinski definition) is 2. The molecule has 0 radical (unpaired) electrons. The predicted octanol–water partition coefficient (Wildman–Crippen LogP) is 4.20. The minimum absolute atomic E-state index is 0.00797. The van der Waals surface area contributed by atoms with Gasteiger partial charge in [0, 0.05) is 16.6 Å². The van der Waals surface area contributed by atoms with Crippen LogP contribution in [0.1, 0.15) is 35.3 Å². The maximum Gasteiger partial charge on any atom is 0.224 e. The summed E-state index contributed by atoms with van der Waals surface area (Å²) in [6.07, 6.45) is 0.395. The zero-order valence-corrected chi connectivity index (χ0v) is 13.8. The summed E-state index contributed by atoms with van der Waals surface area (Å²) in [6.45, 7) is 6.10. The Bertz CT molecular complexity index is 830. The molecule has 1 unspecified atom stereocenters. The lowest BCUT2D eigenvalue weighted by Gasteiger charge is -2.14. The molecule has 3 aromatic rings. The molecule has 3 heteroatoms. The SMILES string of the molecule is Cc1ccc(C(C)NC(=O)Cc2c(C)[nH]c3ccccc23)cc1. The molecule has 118 valence electrons. The molecule has 1 amide bonds. The largest absolute Gasteiger partial charge is 0.358 e. The minimum atomic E-state index is 0.00797. The van der Waals surface area contributed by atoms with Gasteiger partial charge in [0.15, 0.2) is 0 Å². The monoisotopic (exact) mass is 306 g/mol. The molecule has 1 aromatic heterocycles. The molecule has 0 saturated carbocycles. The highest BCUT2D eigenvalue weighted by atomic mass is 16.1. The van der Waals surface area contributed by atoms with Crippen LogP contribution >= 0.6 is 0 Å². The number of rotatable bonds is 4. The molecule has 0 fully saturated rings. The number of carbonyl (C=O) groups is 1. The first-order valence-electron chi connectivity index (χ1n) is 7.96. The summed E-state index contributed by atoms with van der Waals surface area (Å²) in [7, 11) is 0. The van der Waals surface area contributed by atoms with E-state index < -0.39 is 0 Å². The second kappa shape index (κ2) is 6.29. The molecule has 2 N–H and O–H groups in total. The number of nitrogens with one attached hydrogen (secondary N) is 2. The van der Waals surface area contributed by atoms with Crippen molar-refractivity contribution in [3.8, 4) is 0 Å². The van der Waals surface area contributed by atoms with Gasteiger partial charge in [-0.25, -0.2) is 0 Å². The van der Waals surface area contributed by atoms with E-state index in [2.05, 4.69) is 47.6 Å². The molecule has 0 aliphatic heterocycles. The van der Waals surface area contributed by atoms with Gasteiger partial charge in [-0.3, -0.25) is 4.79 Å².